The number of epoxide rings is 1. The second-order valence-corrected chi connectivity index (χ2v) is 2.69. The Morgan fingerprint density at radius 2 is 2.43 bits per heavy atom. The van der Waals surface area contributed by atoms with Crippen LogP contribution in [0.3, 0.4) is 0 Å². The normalized spacial score (nSPS) is 18.4. The molecule has 1 atom stereocenters. The van der Waals surface area contributed by atoms with Crippen LogP contribution < -0.4 is 0 Å². The Kier molecular flexibility index (Phi) is 4.77. The summed E-state index contributed by atoms with van der Waals surface area (Å²) in [4.78, 5) is 12.8. The maximum absolute atomic E-state index is 10.5. The summed E-state index contributed by atoms with van der Waals surface area (Å²) in [5.74, 6) is 0. The van der Waals surface area contributed by atoms with E-state index in [1.165, 1.54) is 0 Å². The van der Waals surface area contributed by atoms with Gasteiger partial charge < -0.3 is 14.2 Å². The van der Waals surface area contributed by atoms with Crippen molar-refractivity contribution in [3.63, 3.8) is 0 Å². The Balaban J connectivity index is 1.83. The number of azide groups is 1. The molecule has 0 radical (unpaired) electrons. The number of rotatable bonds is 6. The van der Waals surface area contributed by atoms with Gasteiger partial charge in [0.25, 0.3) is 0 Å². The van der Waals surface area contributed by atoms with Gasteiger partial charge in [-0.2, -0.15) is 0 Å². The number of amides is 1. The number of carbonyl (C=O) groups is 1. The summed E-state index contributed by atoms with van der Waals surface area (Å²) in [7, 11) is 0. The molecule has 0 spiro atoms. The first-order chi connectivity index (χ1) is 6.83. The zero-order valence-electron chi connectivity index (χ0n) is 7.59. The summed E-state index contributed by atoms with van der Waals surface area (Å²) in [6.45, 7) is 2.06. The van der Waals surface area contributed by atoms with Gasteiger partial charge in [-0.25, -0.2) is 4.79 Å². The first-order valence-corrected chi connectivity index (χ1v) is 4.24. The summed E-state index contributed by atoms with van der Waals surface area (Å²) in [6, 6.07) is 0. The number of nitrogens with zero attached hydrogens (tertiary/aromatic N) is 3. The molecule has 1 amide bonds. The van der Waals surface area contributed by atoms with E-state index < -0.39 is 6.09 Å². The van der Waals surface area contributed by atoms with E-state index in [0.717, 1.165) is 6.61 Å². The van der Waals surface area contributed by atoms with Crippen LogP contribution in [0.4, 0.5) is 4.79 Å². The molecule has 7 nitrogen and oxygen atoms in total. The van der Waals surface area contributed by atoms with Crippen LogP contribution >= 0.6 is 0 Å². The highest BCUT2D eigenvalue weighted by atomic mass is 16.6. The number of hydrogen-bond acceptors (Lipinski definition) is 4. The molecule has 7 heteroatoms. The van der Waals surface area contributed by atoms with Gasteiger partial charge in [0.05, 0.1) is 19.8 Å². The largest absolute Gasteiger partial charge is 0.461 e. The Bertz CT molecular complexity index is 235. The van der Waals surface area contributed by atoms with Crippen LogP contribution in [-0.4, -0.2) is 38.6 Å². The van der Waals surface area contributed by atoms with Crippen molar-refractivity contribution in [2.24, 2.45) is 5.11 Å². The second-order valence-electron chi connectivity index (χ2n) is 2.69. The zero-order chi connectivity index (χ0) is 10.2. The molecule has 0 aliphatic carbocycles. The quantitative estimate of drug-likeness (QED) is 0.212. The highest BCUT2D eigenvalue weighted by Crippen LogP contribution is 2.08. The molecule has 78 valence electrons. The molecule has 0 bridgehead atoms. The third kappa shape index (κ3) is 5.36. The van der Waals surface area contributed by atoms with Crippen LogP contribution in [0, 0.1) is 0 Å². The molecule has 1 rings (SSSR count). The molecule has 0 saturated carbocycles. The molecule has 0 aromatic heterocycles. The summed E-state index contributed by atoms with van der Waals surface area (Å²) in [5, 5.41) is 2.74. The maximum atomic E-state index is 10.5. The van der Waals surface area contributed by atoms with Crippen LogP contribution in [0.15, 0.2) is 5.11 Å². The third-order valence-corrected chi connectivity index (χ3v) is 1.49. The standard InChI is InChI=1S/C7H11N3O4/c8-10-9-7(11)13-3-1-2-12-4-6-5-14-6/h6H,1-5H2. The van der Waals surface area contributed by atoms with Crippen molar-refractivity contribution in [2.75, 3.05) is 26.4 Å². The smallest absolute Gasteiger partial charge is 0.396 e. The van der Waals surface area contributed by atoms with Gasteiger partial charge in [0.1, 0.15) is 6.10 Å². The predicted molar refractivity (Wildman–Crippen MR) is 45.7 cm³/mol. The lowest BCUT2D eigenvalue weighted by Gasteiger charge is -2.01. The fraction of sp³-hybridized carbons (Fsp3) is 0.857. The van der Waals surface area contributed by atoms with E-state index in [0.29, 0.717) is 19.6 Å². The van der Waals surface area contributed by atoms with Crippen molar-refractivity contribution in [1.82, 2.24) is 0 Å². The van der Waals surface area contributed by atoms with E-state index in [9.17, 15) is 4.79 Å². The molecule has 1 aliphatic rings. The minimum atomic E-state index is -0.905. The van der Waals surface area contributed by atoms with Crippen molar-refractivity contribution in [3.8, 4) is 0 Å². The average Bonchev–Trinajstić information content (AvgIpc) is 2.95. The Hall–Kier alpha value is -1.30. The molecule has 0 N–H and O–H groups in total. The Morgan fingerprint density at radius 1 is 1.64 bits per heavy atom. The predicted octanol–water partition coefficient (Wildman–Crippen LogP) is 1.24. The molecular formula is C7H11N3O4. The van der Waals surface area contributed by atoms with Crippen LogP contribution in [-0.2, 0) is 14.2 Å². The summed E-state index contributed by atoms with van der Waals surface area (Å²) in [5.41, 5.74) is 7.86. The van der Waals surface area contributed by atoms with Crippen molar-refractivity contribution in [3.05, 3.63) is 10.4 Å². The van der Waals surface area contributed by atoms with Gasteiger partial charge in [-0.05, 0) is 5.53 Å². The molecule has 1 heterocycles. The van der Waals surface area contributed by atoms with E-state index >= 15 is 0 Å². The lowest BCUT2D eigenvalue weighted by atomic mass is 10.5. The van der Waals surface area contributed by atoms with E-state index in [1.54, 1.807) is 0 Å². The molecule has 14 heavy (non-hydrogen) atoms. The first-order valence-electron chi connectivity index (χ1n) is 4.24. The van der Waals surface area contributed by atoms with Crippen LogP contribution in [0.5, 0.6) is 0 Å². The van der Waals surface area contributed by atoms with Gasteiger partial charge in [0.2, 0.25) is 0 Å². The topological polar surface area (TPSA) is 96.8 Å². The number of ether oxygens (including phenoxy) is 3. The highest BCUT2D eigenvalue weighted by molar-refractivity contribution is 5.67. The summed E-state index contributed by atoms with van der Waals surface area (Å²) in [6.07, 6.45) is -0.0712. The van der Waals surface area contributed by atoms with Crippen LogP contribution in [0.25, 0.3) is 10.4 Å². The molecule has 1 fully saturated rings. The highest BCUT2D eigenvalue weighted by Gasteiger charge is 2.21. The van der Waals surface area contributed by atoms with Gasteiger partial charge in [0, 0.05) is 23.1 Å². The monoisotopic (exact) mass is 201 g/mol. The van der Waals surface area contributed by atoms with Gasteiger partial charge in [-0.15, -0.1) is 0 Å². The maximum Gasteiger partial charge on any atom is 0.396 e. The van der Waals surface area contributed by atoms with Gasteiger partial charge in [-0.1, -0.05) is 0 Å². The number of carbonyl (C=O) groups excluding carboxylic acids is 1. The average molecular weight is 201 g/mol. The van der Waals surface area contributed by atoms with E-state index in [-0.39, 0.29) is 12.7 Å². The third-order valence-electron chi connectivity index (χ3n) is 1.49. The van der Waals surface area contributed by atoms with E-state index in [4.69, 9.17) is 15.0 Å². The van der Waals surface area contributed by atoms with Crippen molar-refractivity contribution in [2.45, 2.75) is 12.5 Å². The first kappa shape index (κ1) is 10.8. The summed E-state index contributed by atoms with van der Waals surface area (Å²) < 4.78 is 14.6. The van der Waals surface area contributed by atoms with Crippen LogP contribution in [0.1, 0.15) is 6.42 Å². The molecule has 1 saturated heterocycles. The van der Waals surface area contributed by atoms with Crippen molar-refractivity contribution < 1.29 is 19.0 Å². The lowest BCUT2D eigenvalue weighted by Crippen LogP contribution is -2.06. The fourth-order valence-electron chi connectivity index (χ4n) is 0.765. The Labute approximate surface area is 80.6 Å². The minimum absolute atomic E-state index is 0.198. The summed E-state index contributed by atoms with van der Waals surface area (Å²) >= 11 is 0. The van der Waals surface area contributed by atoms with Crippen molar-refractivity contribution in [1.29, 1.82) is 0 Å². The minimum Gasteiger partial charge on any atom is -0.461 e. The van der Waals surface area contributed by atoms with E-state index in [1.807, 2.05) is 0 Å². The van der Waals surface area contributed by atoms with Gasteiger partial charge in [0.15, 0.2) is 0 Å². The number of hydrogen-bond donors (Lipinski definition) is 0. The second kappa shape index (κ2) is 6.20. The SMILES string of the molecule is [N-]=[N+]=NC(=O)OCCCOCC1CO1. The lowest BCUT2D eigenvalue weighted by molar-refractivity contribution is 0.0935. The molecule has 0 aromatic rings. The molecule has 1 aliphatic heterocycles. The van der Waals surface area contributed by atoms with Crippen molar-refractivity contribution >= 4 is 6.09 Å². The molecular weight excluding hydrogens is 190 g/mol. The molecule has 0 aromatic carbocycles. The van der Waals surface area contributed by atoms with Gasteiger partial charge >= 0.3 is 6.09 Å². The van der Waals surface area contributed by atoms with E-state index in [2.05, 4.69) is 14.8 Å². The fourth-order valence-corrected chi connectivity index (χ4v) is 0.765. The van der Waals surface area contributed by atoms with Crippen LogP contribution in [0.2, 0.25) is 0 Å². The zero-order valence-corrected chi connectivity index (χ0v) is 7.59. The van der Waals surface area contributed by atoms with Gasteiger partial charge in [-0.3, -0.25) is 0 Å². The Morgan fingerprint density at radius 3 is 3.07 bits per heavy atom. The molecule has 1 unspecified atom stereocenters.